The van der Waals surface area contributed by atoms with Crippen LogP contribution in [-0.4, -0.2) is 5.78 Å². The highest BCUT2D eigenvalue weighted by Gasteiger charge is 2.09. The van der Waals surface area contributed by atoms with Gasteiger partial charge in [0.15, 0.2) is 0 Å². The second-order valence-corrected chi connectivity index (χ2v) is 5.55. The number of thiophene rings is 1. The molecular formula is C17H14OS. The molecule has 0 amide bonds. The molecule has 0 radical (unpaired) electrons. The SMILES string of the molecule is O=C(Cc1ccccc1)Cc1csc2ccccc12. The van der Waals surface area contributed by atoms with Crippen LogP contribution in [0.3, 0.4) is 0 Å². The maximum atomic E-state index is 12.1. The first-order valence-electron chi connectivity index (χ1n) is 6.33. The van der Waals surface area contributed by atoms with Crippen LogP contribution >= 0.6 is 11.3 Å². The molecule has 19 heavy (non-hydrogen) atoms. The maximum absolute atomic E-state index is 12.1. The van der Waals surface area contributed by atoms with Crippen LogP contribution < -0.4 is 0 Å². The Kier molecular flexibility index (Phi) is 3.43. The summed E-state index contributed by atoms with van der Waals surface area (Å²) < 4.78 is 1.25. The van der Waals surface area contributed by atoms with E-state index in [2.05, 4.69) is 17.5 Å². The molecule has 1 heterocycles. The molecule has 0 spiro atoms. The van der Waals surface area contributed by atoms with Gasteiger partial charge in [0, 0.05) is 17.5 Å². The van der Waals surface area contributed by atoms with E-state index in [9.17, 15) is 4.79 Å². The van der Waals surface area contributed by atoms with Crippen molar-refractivity contribution in [3.63, 3.8) is 0 Å². The molecule has 0 aliphatic heterocycles. The number of benzene rings is 2. The fourth-order valence-corrected chi connectivity index (χ4v) is 3.23. The average molecular weight is 266 g/mol. The van der Waals surface area contributed by atoms with E-state index in [0.717, 1.165) is 11.1 Å². The molecule has 3 aromatic rings. The third-order valence-corrected chi connectivity index (χ3v) is 4.21. The molecule has 1 nitrogen and oxygen atoms in total. The molecule has 3 rings (SSSR count). The van der Waals surface area contributed by atoms with E-state index in [1.807, 2.05) is 42.5 Å². The molecular weight excluding hydrogens is 252 g/mol. The zero-order valence-corrected chi connectivity index (χ0v) is 11.3. The highest BCUT2D eigenvalue weighted by Crippen LogP contribution is 2.26. The second kappa shape index (κ2) is 5.37. The van der Waals surface area contributed by atoms with Crippen molar-refractivity contribution in [2.75, 3.05) is 0 Å². The third-order valence-electron chi connectivity index (χ3n) is 3.19. The van der Waals surface area contributed by atoms with E-state index in [4.69, 9.17) is 0 Å². The molecule has 0 fully saturated rings. The molecule has 0 saturated heterocycles. The summed E-state index contributed by atoms with van der Waals surface area (Å²) in [5.41, 5.74) is 2.24. The topological polar surface area (TPSA) is 17.1 Å². The van der Waals surface area contributed by atoms with Crippen molar-refractivity contribution in [2.45, 2.75) is 12.8 Å². The third kappa shape index (κ3) is 2.74. The summed E-state index contributed by atoms with van der Waals surface area (Å²) in [6.45, 7) is 0. The van der Waals surface area contributed by atoms with Crippen molar-refractivity contribution >= 4 is 27.2 Å². The smallest absolute Gasteiger partial charge is 0.141 e. The zero-order chi connectivity index (χ0) is 13.1. The molecule has 0 saturated carbocycles. The van der Waals surface area contributed by atoms with E-state index in [1.54, 1.807) is 11.3 Å². The first-order valence-corrected chi connectivity index (χ1v) is 7.21. The minimum Gasteiger partial charge on any atom is -0.299 e. The fraction of sp³-hybridized carbons (Fsp3) is 0.118. The minimum atomic E-state index is 0.273. The number of hydrogen-bond acceptors (Lipinski definition) is 2. The summed E-state index contributed by atoms with van der Waals surface area (Å²) in [5.74, 6) is 0.273. The highest BCUT2D eigenvalue weighted by atomic mass is 32.1. The van der Waals surface area contributed by atoms with Crippen molar-refractivity contribution in [2.24, 2.45) is 0 Å². The first-order chi connectivity index (χ1) is 9.33. The molecule has 0 N–H and O–H groups in total. The summed E-state index contributed by atoms with van der Waals surface area (Å²) in [5, 5.41) is 3.32. The summed E-state index contributed by atoms with van der Waals surface area (Å²) >= 11 is 1.71. The van der Waals surface area contributed by atoms with Crippen LogP contribution in [0.1, 0.15) is 11.1 Å². The van der Waals surface area contributed by atoms with E-state index in [0.29, 0.717) is 12.8 Å². The van der Waals surface area contributed by atoms with Gasteiger partial charge < -0.3 is 0 Å². The molecule has 0 aliphatic carbocycles. The van der Waals surface area contributed by atoms with E-state index >= 15 is 0 Å². The Morgan fingerprint density at radius 1 is 0.895 bits per heavy atom. The lowest BCUT2D eigenvalue weighted by molar-refractivity contribution is -0.117. The van der Waals surface area contributed by atoms with Gasteiger partial charge in [-0.25, -0.2) is 0 Å². The lowest BCUT2D eigenvalue weighted by Gasteiger charge is -2.01. The standard InChI is InChI=1S/C17H14OS/c18-15(10-13-6-2-1-3-7-13)11-14-12-19-17-9-5-4-8-16(14)17/h1-9,12H,10-11H2. The summed E-state index contributed by atoms with van der Waals surface area (Å²) in [6, 6.07) is 18.2. The van der Waals surface area contributed by atoms with Gasteiger partial charge in [-0.05, 0) is 28.0 Å². The Hall–Kier alpha value is -1.93. The van der Waals surface area contributed by atoms with Crippen LogP contribution in [0.4, 0.5) is 0 Å². The molecule has 2 heteroatoms. The van der Waals surface area contributed by atoms with Gasteiger partial charge in [-0.1, -0.05) is 48.5 Å². The quantitative estimate of drug-likeness (QED) is 0.689. The monoisotopic (exact) mass is 266 g/mol. The normalized spacial score (nSPS) is 10.7. The minimum absolute atomic E-state index is 0.273. The van der Waals surface area contributed by atoms with Gasteiger partial charge >= 0.3 is 0 Å². The largest absolute Gasteiger partial charge is 0.299 e. The molecule has 0 unspecified atom stereocenters. The van der Waals surface area contributed by atoms with Gasteiger partial charge in [-0.3, -0.25) is 4.79 Å². The van der Waals surface area contributed by atoms with E-state index in [1.165, 1.54) is 10.1 Å². The molecule has 0 aliphatic rings. The Bertz CT molecular complexity index is 697. The van der Waals surface area contributed by atoms with Crippen molar-refractivity contribution in [1.29, 1.82) is 0 Å². The summed E-state index contributed by atoms with van der Waals surface area (Å²) in [7, 11) is 0. The Balaban J connectivity index is 1.76. The average Bonchev–Trinajstić information content (AvgIpc) is 2.83. The van der Waals surface area contributed by atoms with Crippen LogP contribution in [0.25, 0.3) is 10.1 Å². The predicted molar refractivity (Wildman–Crippen MR) is 80.7 cm³/mol. The number of carbonyl (C=O) groups is 1. The first kappa shape index (κ1) is 12.1. The van der Waals surface area contributed by atoms with Gasteiger partial charge in [0.1, 0.15) is 5.78 Å². The second-order valence-electron chi connectivity index (χ2n) is 4.63. The van der Waals surface area contributed by atoms with Gasteiger partial charge in [0.05, 0.1) is 0 Å². The van der Waals surface area contributed by atoms with Crippen molar-refractivity contribution in [3.05, 3.63) is 71.1 Å². The Morgan fingerprint density at radius 3 is 2.47 bits per heavy atom. The number of ketones is 1. The molecule has 0 atom stereocenters. The van der Waals surface area contributed by atoms with Crippen LogP contribution in [0.15, 0.2) is 60.0 Å². The van der Waals surface area contributed by atoms with E-state index in [-0.39, 0.29) is 5.78 Å². The van der Waals surface area contributed by atoms with Crippen molar-refractivity contribution in [1.82, 2.24) is 0 Å². The number of fused-ring (bicyclic) bond motifs is 1. The predicted octanol–water partition coefficient (Wildman–Crippen LogP) is 4.26. The Morgan fingerprint density at radius 2 is 1.63 bits per heavy atom. The lowest BCUT2D eigenvalue weighted by atomic mass is 10.0. The Labute approximate surface area is 116 Å². The van der Waals surface area contributed by atoms with Gasteiger partial charge in [-0.2, -0.15) is 0 Å². The highest BCUT2D eigenvalue weighted by molar-refractivity contribution is 7.17. The van der Waals surface area contributed by atoms with Crippen LogP contribution in [0.2, 0.25) is 0 Å². The van der Waals surface area contributed by atoms with Crippen LogP contribution in [-0.2, 0) is 17.6 Å². The van der Waals surface area contributed by atoms with Gasteiger partial charge in [0.2, 0.25) is 0 Å². The fourth-order valence-electron chi connectivity index (χ4n) is 2.27. The number of hydrogen-bond donors (Lipinski definition) is 0. The number of Topliss-reactive ketones (excluding diaryl/α,β-unsaturated/α-hetero) is 1. The number of rotatable bonds is 4. The summed E-state index contributed by atoms with van der Waals surface area (Å²) in [6.07, 6.45) is 1.05. The maximum Gasteiger partial charge on any atom is 0.141 e. The molecule has 0 bridgehead atoms. The van der Waals surface area contributed by atoms with Crippen molar-refractivity contribution < 1.29 is 4.79 Å². The van der Waals surface area contributed by atoms with Crippen LogP contribution in [0, 0.1) is 0 Å². The number of carbonyl (C=O) groups excluding carboxylic acids is 1. The van der Waals surface area contributed by atoms with Crippen molar-refractivity contribution in [3.8, 4) is 0 Å². The summed E-state index contributed by atoms with van der Waals surface area (Å²) in [4.78, 5) is 12.1. The van der Waals surface area contributed by atoms with E-state index < -0.39 is 0 Å². The van der Waals surface area contributed by atoms with Crippen LogP contribution in [0.5, 0.6) is 0 Å². The van der Waals surface area contributed by atoms with Gasteiger partial charge in [-0.15, -0.1) is 11.3 Å². The van der Waals surface area contributed by atoms with Gasteiger partial charge in [0.25, 0.3) is 0 Å². The molecule has 94 valence electrons. The zero-order valence-electron chi connectivity index (χ0n) is 10.5. The molecule has 2 aromatic carbocycles. The molecule has 1 aromatic heterocycles. The lowest BCUT2D eigenvalue weighted by Crippen LogP contribution is -2.05.